The molecule has 3 heteroatoms. The van der Waals surface area contributed by atoms with E-state index in [0.717, 1.165) is 19.4 Å². The SMILES string of the molecule is [CH2-]CCCCOC(C)(C)C.[Cl-].[Mg+2]. The van der Waals surface area contributed by atoms with Gasteiger partial charge in [-0.05, 0) is 27.2 Å². The van der Waals surface area contributed by atoms with Gasteiger partial charge in [0, 0.05) is 6.61 Å². The fourth-order valence-electron chi connectivity index (χ4n) is 0.657. The molecule has 12 heavy (non-hydrogen) atoms. The summed E-state index contributed by atoms with van der Waals surface area (Å²) < 4.78 is 5.50. The molecule has 70 valence electrons. The maximum Gasteiger partial charge on any atom is 2.00 e. The number of hydrogen-bond acceptors (Lipinski definition) is 1. The molecule has 0 aliphatic rings. The van der Waals surface area contributed by atoms with E-state index in [9.17, 15) is 0 Å². The second-order valence-corrected chi connectivity index (χ2v) is 3.52. The van der Waals surface area contributed by atoms with Crippen LogP contribution in [0.3, 0.4) is 0 Å². The Morgan fingerprint density at radius 3 is 2.00 bits per heavy atom. The largest absolute Gasteiger partial charge is 2.00 e. The van der Waals surface area contributed by atoms with Crippen LogP contribution in [0, 0.1) is 6.92 Å². The fourth-order valence-corrected chi connectivity index (χ4v) is 0.657. The van der Waals surface area contributed by atoms with E-state index in [1.54, 1.807) is 0 Å². The number of rotatable bonds is 4. The summed E-state index contributed by atoms with van der Waals surface area (Å²) in [5, 5.41) is 0. The second kappa shape index (κ2) is 10.1. The van der Waals surface area contributed by atoms with Crippen molar-refractivity contribution in [1.82, 2.24) is 0 Å². The van der Waals surface area contributed by atoms with Crippen molar-refractivity contribution in [3.63, 3.8) is 0 Å². The van der Waals surface area contributed by atoms with E-state index in [4.69, 9.17) is 4.74 Å². The summed E-state index contributed by atoms with van der Waals surface area (Å²) in [6.45, 7) is 10.9. The Morgan fingerprint density at radius 2 is 1.67 bits per heavy atom. The van der Waals surface area contributed by atoms with Crippen LogP contribution in [0.25, 0.3) is 0 Å². The van der Waals surface area contributed by atoms with Crippen molar-refractivity contribution in [1.29, 1.82) is 0 Å². The van der Waals surface area contributed by atoms with Crippen molar-refractivity contribution in [2.45, 2.75) is 45.6 Å². The molecule has 0 unspecified atom stereocenters. The van der Waals surface area contributed by atoms with Crippen LogP contribution in [0.15, 0.2) is 0 Å². The number of unbranched alkanes of at least 4 members (excludes halogenated alkanes) is 2. The van der Waals surface area contributed by atoms with Gasteiger partial charge in [-0.2, -0.15) is 6.42 Å². The molecule has 0 saturated carbocycles. The molecule has 0 bridgehead atoms. The molecule has 0 N–H and O–H groups in total. The maximum absolute atomic E-state index is 5.50. The minimum absolute atomic E-state index is 0. The Kier molecular flexibility index (Phi) is 15.8. The second-order valence-electron chi connectivity index (χ2n) is 3.52. The average Bonchev–Trinajstić information content (AvgIpc) is 1.78. The summed E-state index contributed by atoms with van der Waals surface area (Å²) in [4.78, 5) is 0. The first-order valence-electron chi connectivity index (χ1n) is 3.99. The molecule has 0 saturated heterocycles. The molecule has 0 spiro atoms. The van der Waals surface area contributed by atoms with Crippen LogP contribution in [0.5, 0.6) is 0 Å². The molecule has 0 aliphatic carbocycles. The third-order valence-electron chi connectivity index (χ3n) is 1.18. The number of halogens is 1. The molecular weight excluding hydrogens is 184 g/mol. The molecule has 1 nitrogen and oxygen atoms in total. The molecule has 0 fully saturated rings. The Bertz CT molecular complexity index is 81.1. The Morgan fingerprint density at radius 1 is 1.17 bits per heavy atom. The van der Waals surface area contributed by atoms with Gasteiger partial charge >= 0.3 is 23.1 Å². The smallest absolute Gasteiger partial charge is 1.00 e. The van der Waals surface area contributed by atoms with Crippen LogP contribution in [-0.4, -0.2) is 35.3 Å². The summed E-state index contributed by atoms with van der Waals surface area (Å²) >= 11 is 0. The summed E-state index contributed by atoms with van der Waals surface area (Å²) in [5.41, 5.74) is 0.0289. The van der Waals surface area contributed by atoms with Gasteiger partial charge in [0.2, 0.25) is 0 Å². The van der Waals surface area contributed by atoms with Gasteiger partial charge in [0.25, 0.3) is 0 Å². The topological polar surface area (TPSA) is 9.23 Å². The van der Waals surface area contributed by atoms with E-state index in [1.807, 2.05) is 0 Å². The first kappa shape index (κ1) is 18.7. The van der Waals surface area contributed by atoms with Gasteiger partial charge in [-0.1, -0.05) is 6.42 Å². The van der Waals surface area contributed by atoms with Crippen LogP contribution >= 0.6 is 0 Å². The molecule has 0 aromatic rings. The quantitative estimate of drug-likeness (QED) is 0.337. The first-order chi connectivity index (χ1) is 4.56. The fraction of sp³-hybridized carbons (Fsp3) is 0.889. The summed E-state index contributed by atoms with van der Waals surface area (Å²) in [5.74, 6) is 0. The van der Waals surface area contributed by atoms with E-state index in [-0.39, 0.29) is 41.1 Å². The molecule has 0 aromatic heterocycles. The van der Waals surface area contributed by atoms with Crippen LogP contribution in [-0.2, 0) is 4.74 Å². The Hall–Kier alpha value is 1.02. The minimum atomic E-state index is 0. The van der Waals surface area contributed by atoms with Crippen LogP contribution < -0.4 is 12.4 Å². The van der Waals surface area contributed by atoms with Crippen molar-refractivity contribution in [2.75, 3.05) is 6.61 Å². The first-order valence-corrected chi connectivity index (χ1v) is 3.99. The summed E-state index contributed by atoms with van der Waals surface area (Å²) in [6.07, 6.45) is 3.34. The van der Waals surface area contributed by atoms with Gasteiger partial charge in [0.05, 0.1) is 5.60 Å². The zero-order chi connectivity index (χ0) is 8.04. The van der Waals surface area contributed by atoms with E-state index >= 15 is 0 Å². The Labute approximate surface area is 99.2 Å². The van der Waals surface area contributed by atoms with Crippen LogP contribution in [0.4, 0.5) is 0 Å². The molecule has 0 radical (unpaired) electrons. The summed E-state index contributed by atoms with van der Waals surface area (Å²) in [7, 11) is 0. The zero-order valence-electron chi connectivity index (χ0n) is 8.53. The summed E-state index contributed by atoms with van der Waals surface area (Å²) in [6, 6.07) is 0. The van der Waals surface area contributed by atoms with Crippen molar-refractivity contribution in [2.24, 2.45) is 0 Å². The normalized spacial score (nSPS) is 10.0. The number of ether oxygens (including phenoxy) is 1. The molecule has 0 rings (SSSR count). The Balaban J connectivity index is -0.000000405. The van der Waals surface area contributed by atoms with Gasteiger partial charge in [-0.25, -0.2) is 0 Å². The van der Waals surface area contributed by atoms with Crippen molar-refractivity contribution >= 4 is 23.1 Å². The maximum atomic E-state index is 5.50. The zero-order valence-corrected chi connectivity index (χ0v) is 10.7. The molecule has 0 atom stereocenters. The van der Waals surface area contributed by atoms with Gasteiger partial charge in [0.1, 0.15) is 0 Å². The van der Waals surface area contributed by atoms with Gasteiger partial charge < -0.3 is 24.1 Å². The molecule has 0 aliphatic heterocycles. The van der Waals surface area contributed by atoms with Crippen LogP contribution in [0.1, 0.15) is 40.0 Å². The van der Waals surface area contributed by atoms with E-state index < -0.39 is 0 Å². The van der Waals surface area contributed by atoms with Crippen molar-refractivity contribution in [3.05, 3.63) is 6.92 Å². The van der Waals surface area contributed by atoms with Crippen molar-refractivity contribution < 1.29 is 17.1 Å². The molecular formula is C9H19ClMgO. The van der Waals surface area contributed by atoms with E-state index in [1.165, 1.54) is 6.42 Å². The number of hydrogen-bond donors (Lipinski definition) is 0. The monoisotopic (exact) mass is 202 g/mol. The average molecular weight is 203 g/mol. The van der Waals surface area contributed by atoms with Crippen molar-refractivity contribution in [3.8, 4) is 0 Å². The minimum Gasteiger partial charge on any atom is -1.00 e. The standard InChI is InChI=1S/C9H19O.ClH.Mg/c1-5-6-7-8-10-9(2,3)4;;/h1,5-8H2,2-4H3;1H;/q-1;;+2/p-1. The van der Waals surface area contributed by atoms with Gasteiger partial charge in [-0.3, -0.25) is 0 Å². The molecule has 0 heterocycles. The predicted octanol–water partition coefficient (Wildman–Crippen LogP) is -0.571. The van der Waals surface area contributed by atoms with Gasteiger partial charge in [-0.15, -0.1) is 0 Å². The van der Waals surface area contributed by atoms with Crippen LogP contribution in [0.2, 0.25) is 0 Å². The molecule has 0 amide bonds. The third kappa shape index (κ3) is 17.2. The van der Waals surface area contributed by atoms with Gasteiger partial charge in [0.15, 0.2) is 0 Å². The van der Waals surface area contributed by atoms with E-state index in [0.29, 0.717) is 0 Å². The van der Waals surface area contributed by atoms with E-state index in [2.05, 4.69) is 27.7 Å². The predicted molar refractivity (Wildman–Crippen MR) is 50.7 cm³/mol. The third-order valence-corrected chi connectivity index (χ3v) is 1.18. The molecule has 0 aromatic carbocycles.